The van der Waals surface area contributed by atoms with Crippen molar-refractivity contribution in [3.05, 3.63) is 24.3 Å². The number of rotatable bonds is 7. The van der Waals surface area contributed by atoms with E-state index in [1.165, 1.54) is 24.3 Å². The number of benzene rings is 1. The molecule has 0 heterocycles. The minimum absolute atomic E-state index is 0.0360. The Kier molecular flexibility index (Phi) is 5.99. The molecule has 0 spiro atoms. The van der Waals surface area contributed by atoms with Crippen molar-refractivity contribution in [2.24, 2.45) is 5.14 Å². The van der Waals surface area contributed by atoms with Crippen molar-refractivity contribution in [2.45, 2.75) is 17.7 Å². The molecule has 0 aromatic heterocycles. The van der Waals surface area contributed by atoms with E-state index in [4.69, 9.17) is 5.14 Å². The molecule has 0 bridgehead atoms. The van der Waals surface area contributed by atoms with Crippen LogP contribution >= 0.6 is 0 Å². The van der Waals surface area contributed by atoms with E-state index in [1.54, 1.807) is 0 Å². The van der Waals surface area contributed by atoms with Gasteiger partial charge in [-0.1, -0.05) is 12.1 Å². The number of amides is 1. The largest absolute Gasteiger partial charge is 0.375 e. The van der Waals surface area contributed by atoms with Crippen molar-refractivity contribution in [3.8, 4) is 0 Å². The van der Waals surface area contributed by atoms with E-state index in [2.05, 4.69) is 10.1 Å². The number of carbonyl (C=O) groups excluding carboxylic acids is 1. The fourth-order valence-electron chi connectivity index (χ4n) is 1.37. The van der Waals surface area contributed by atoms with Crippen molar-refractivity contribution in [2.75, 3.05) is 18.5 Å². The van der Waals surface area contributed by atoms with Crippen LogP contribution in [0.25, 0.3) is 0 Å². The normalized spacial score (nSPS) is 11.6. The molecule has 0 saturated heterocycles. The second kappa shape index (κ2) is 7.27. The minimum Gasteiger partial charge on any atom is -0.375 e. The summed E-state index contributed by atoms with van der Waals surface area (Å²) in [5.74, 6) is -0.560. The number of hydrogen-bond donors (Lipinski definition) is 2. The molecule has 0 saturated carbocycles. The second-order valence-corrected chi connectivity index (χ2v) is 5.34. The third-order valence-corrected chi connectivity index (χ3v) is 3.15. The van der Waals surface area contributed by atoms with Gasteiger partial charge in [0, 0.05) is 0 Å². The van der Waals surface area contributed by atoms with Gasteiger partial charge in [-0.2, -0.15) is 0 Å². The molecule has 0 unspecified atom stereocenters. The highest BCUT2D eigenvalue weighted by Gasteiger charge is 2.15. The monoisotopic (exact) mass is 308 g/mol. The molecule has 3 N–H and O–H groups in total. The van der Waals surface area contributed by atoms with Gasteiger partial charge in [0.1, 0.15) is 11.5 Å². The zero-order chi connectivity index (χ0) is 15.2. The lowest BCUT2D eigenvalue weighted by Crippen LogP contribution is -2.19. The summed E-state index contributed by atoms with van der Waals surface area (Å²) in [6.07, 6.45) is -2.77. The SMILES string of the molecule is NS(=O)(=O)c1ccccc1NC(=O)CCOCC(F)F. The molecule has 20 heavy (non-hydrogen) atoms. The topological polar surface area (TPSA) is 98.5 Å². The molecular formula is C11H14F2N2O4S. The number of ether oxygens (including phenoxy) is 1. The summed E-state index contributed by atoms with van der Waals surface area (Å²) >= 11 is 0. The number of nitrogens with two attached hydrogens (primary N) is 1. The molecule has 1 aromatic carbocycles. The highest BCUT2D eigenvalue weighted by atomic mass is 32.2. The summed E-state index contributed by atoms with van der Waals surface area (Å²) < 4.78 is 50.7. The number of sulfonamides is 1. The molecule has 6 nitrogen and oxygen atoms in total. The van der Waals surface area contributed by atoms with Gasteiger partial charge in [0.25, 0.3) is 6.43 Å². The molecule has 0 aliphatic heterocycles. The summed E-state index contributed by atoms with van der Waals surface area (Å²) in [4.78, 5) is 11.3. The van der Waals surface area contributed by atoms with Gasteiger partial charge >= 0.3 is 0 Å². The van der Waals surface area contributed by atoms with Gasteiger partial charge in [0.15, 0.2) is 0 Å². The van der Waals surface area contributed by atoms with Crippen LogP contribution in [0.5, 0.6) is 0 Å². The van der Waals surface area contributed by atoms with E-state index in [1.807, 2.05) is 0 Å². The summed E-state index contributed by atoms with van der Waals surface area (Å²) in [5, 5.41) is 7.34. The third-order valence-electron chi connectivity index (χ3n) is 2.18. The molecule has 1 aromatic rings. The first kappa shape index (κ1) is 16.5. The zero-order valence-electron chi connectivity index (χ0n) is 10.4. The second-order valence-electron chi connectivity index (χ2n) is 3.81. The molecule has 0 fully saturated rings. The lowest BCUT2D eigenvalue weighted by Gasteiger charge is -2.09. The van der Waals surface area contributed by atoms with Crippen LogP contribution in [0.4, 0.5) is 14.5 Å². The fourth-order valence-corrected chi connectivity index (χ4v) is 2.06. The number of hydrogen-bond acceptors (Lipinski definition) is 4. The summed E-state index contributed by atoms with van der Waals surface area (Å²) in [5.41, 5.74) is 0.0360. The zero-order valence-corrected chi connectivity index (χ0v) is 11.2. The Morgan fingerprint density at radius 1 is 1.35 bits per heavy atom. The lowest BCUT2D eigenvalue weighted by atomic mass is 10.3. The van der Waals surface area contributed by atoms with Crippen LogP contribution in [0.1, 0.15) is 6.42 Å². The standard InChI is InChI=1S/C11H14F2N2O4S/c12-10(13)7-19-6-5-11(16)15-8-3-1-2-4-9(8)20(14,17)18/h1-4,10H,5-7H2,(H,15,16)(H2,14,17,18). The Bertz CT molecular complexity index is 563. The van der Waals surface area contributed by atoms with E-state index in [0.29, 0.717) is 0 Å². The number of nitrogens with one attached hydrogen (secondary N) is 1. The first-order valence-electron chi connectivity index (χ1n) is 5.58. The number of carbonyl (C=O) groups is 1. The summed E-state index contributed by atoms with van der Waals surface area (Å²) in [7, 11) is -3.96. The number of alkyl halides is 2. The highest BCUT2D eigenvalue weighted by Crippen LogP contribution is 2.19. The molecule has 9 heteroatoms. The lowest BCUT2D eigenvalue weighted by molar-refractivity contribution is -0.117. The van der Waals surface area contributed by atoms with Crippen molar-refractivity contribution < 1.29 is 26.7 Å². The van der Waals surface area contributed by atoms with Gasteiger partial charge in [-0.15, -0.1) is 0 Å². The minimum atomic E-state index is -3.96. The Morgan fingerprint density at radius 2 is 2.00 bits per heavy atom. The fraction of sp³-hybridized carbons (Fsp3) is 0.364. The molecule has 0 atom stereocenters. The molecule has 0 aliphatic carbocycles. The van der Waals surface area contributed by atoms with Crippen LogP contribution in [0.2, 0.25) is 0 Å². The maximum atomic E-state index is 11.8. The quantitative estimate of drug-likeness (QED) is 0.732. The van der Waals surface area contributed by atoms with Crippen molar-refractivity contribution in [1.82, 2.24) is 0 Å². The van der Waals surface area contributed by atoms with Gasteiger partial charge in [-0.25, -0.2) is 22.3 Å². The van der Waals surface area contributed by atoms with Gasteiger partial charge in [0.05, 0.1) is 18.7 Å². The first-order chi connectivity index (χ1) is 9.30. The number of para-hydroxylation sites is 1. The average Bonchev–Trinajstić information content (AvgIpc) is 2.34. The smallest absolute Gasteiger partial charge is 0.261 e. The van der Waals surface area contributed by atoms with E-state index in [9.17, 15) is 22.0 Å². The van der Waals surface area contributed by atoms with Crippen LogP contribution in [-0.4, -0.2) is 34.0 Å². The maximum absolute atomic E-state index is 11.8. The van der Waals surface area contributed by atoms with E-state index < -0.39 is 29.0 Å². The third kappa shape index (κ3) is 5.59. The summed E-state index contributed by atoms with van der Waals surface area (Å²) in [6, 6.07) is 5.61. The van der Waals surface area contributed by atoms with Crippen molar-refractivity contribution >= 4 is 21.6 Å². The Hall–Kier alpha value is -1.58. The van der Waals surface area contributed by atoms with Crippen LogP contribution < -0.4 is 10.5 Å². The molecule has 0 radical (unpaired) electrons. The maximum Gasteiger partial charge on any atom is 0.261 e. The van der Waals surface area contributed by atoms with Crippen LogP contribution in [-0.2, 0) is 19.6 Å². The highest BCUT2D eigenvalue weighted by molar-refractivity contribution is 7.89. The first-order valence-corrected chi connectivity index (χ1v) is 7.13. The van der Waals surface area contributed by atoms with Crippen LogP contribution in [0, 0.1) is 0 Å². The van der Waals surface area contributed by atoms with Crippen LogP contribution in [0.15, 0.2) is 29.2 Å². The molecular weight excluding hydrogens is 294 g/mol. The number of anilines is 1. The number of primary sulfonamides is 1. The number of halogens is 2. The Morgan fingerprint density at radius 3 is 2.60 bits per heavy atom. The van der Waals surface area contributed by atoms with E-state index in [0.717, 1.165) is 0 Å². The molecule has 0 aliphatic rings. The van der Waals surface area contributed by atoms with E-state index in [-0.39, 0.29) is 23.6 Å². The van der Waals surface area contributed by atoms with Gasteiger partial charge in [0.2, 0.25) is 15.9 Å². The molecule has 1 amide bonds. The van der Waals surface area contributed by atoms with Gasteiger partial charge in [-0.3, -0.25) is 4.79 Å². The Balaban J connectivity index is 2.59. The predicted molar refractivity (Wildman–Crippen MR) is 67.9 cm³/mol. The van der Waals surface area contributed by atoms with Crippen molar-refractivity contribution in [3.63, 3.8) is 0 Å². The van der Waals surface area contributed by atoms with Crippen LogP contribution in [0.3, 0.4) is 0 Å². The average molecular weight is 308 g/mol. The summed E-state index contributed by atoms with van der Waals surface area (Å²) in [6.45, 7) is -0.936. The van der Waals surface area contributed by atoms with Gasteiger partial charge in [-0.05, 0) is 12.1 Å². The van der Waals surface area contributed by atoms with E-state index >= 15 is 0 Å². The predicted octanol–water partition coefficient (Wildman–Crippen LogP) is 0.944. The molecule has 112 valence electrons. The van der Waals surface area contributed by atoms with Crippen molar-refractivity contribution in [1.29, 1.82) is 0 Å². The van der Waals surface area contributed by atoms with Gasteiger partial charge < -0.3 is 10.1 Å². The molecule has 1 rings (SSSR count). The Labute approximate surface area is 115 Å².